The molecule has 4 aromatic rings. The van der Waals surface area contributed by atoms with Gasteiger partial charge in [-0.1, -0.05) is 90.3 Å². The molecule has 0 heterocycles. The maximum Gasteiger partial charge on any atom is 0.264 e. The molecule has 1 unspecified atom stereocenters. The zero-order valence-electron chi connectivity index (χ0n) is 26.0. The molecule has 2 amide bonds. The van der Waals surface area contributed by atoms with Crippen LogP contribution in [0.2, 0.25) is 10.0 Å². The van der Waals surface area contributed by atoms with E-state index in [2.05, 4.69) is 5.32 Å². The standard InChI is InChI=1S/C35H37Cl2N3O5S/c1-4-20-38-35(42)33(21-26-10-6-5-7-11-26)39(23-30-31(36)14-9-15-32(30)37)34(41)24-40(27-12-8-13-28(22-27)45-3)46(43,44)29-18-16-25(2)17-19-29/h5-19,22,33H,4,20-21,23-24H2,1-3H3,(H,38,42). The second-order valence-corrected chi connectivity index (χ2v) is 13.4. The van der Waals surface area contributed by atoms with Gasteiger partial charge in [0.25, 0.3) is 10.0 Å². The number of hydrogen-bond donors (Lipinski definition) is 1. The Morgan fingerprint density at radius 1 is 0.891 bits per heavy atom. The van der Waals surface area contributed by atoms with Crippen molar-refractivity contribution in [1.29, 1.82) is 0 Å². The first-order chi connectivity index (χ1) is 22.0. The summed E-state index contributed by atoms with van der Waals surface area (Å²) < 4.78 is 34.8. The Hall–Kier alpha value is -4.05. The number of benzene rings is 4. The summed E-state index contributed by atoms with van der Waals surface area (Å²) in [4.78, 5) is 29.7. The van der Waals surface area contributed by atoms with E-state index in [-0.39, 0.29) is 29.5 Å². The Kier molecular flexibility index (Phi) is 12.1. The van der Waals surface area contributed by atoms with Crippen molar-refractivity contribution < 1.29 is 22.7 Å². The van der Waals surface area contributed by atoms with E-state index in [9.17, 15) is 18.0 Å². The Labute approximate surface area is 280 Å². The summed E-state index contributed by atoms with van der Waals surface area (Å²) >= 11 is 13.1. The van der Waals surface area contributed by atoms with Gasteiger partial charge in [0.15, 0.2) is 0 Å². The van der Waals surface area contributed by atoms with E-state index in [0.29, 0.717) is 34.3 Å². The molecule has 1 N–H and O–H groups in total. The first-order valence-corrected chi connectivity index (χ1v) is 17.0. The average molecular weight is 683 g/mol. The Morgan fingerprint density at radius 2 is 1.54 bits per heavy atom. The van der Waals surface area contributed by atoms with Crippen molar-refractivity contribution in [3.63, 3.8) is 0 Å². The summed E-state index contributed by atoms with van der Waals surface area (Å²) in [6, 6.07) is 26.1. The van der Waals surface area contributed by atoms with Crippen molar-refractivity contribution in [3.8, 4) is 5.75 Å². The predicted octanol–water partition coefficient (Wildman–Crippen LogP) is 6.67. The number of halogens is 2. The second kappa shape index (κ2) is 16.0. The maximum absolute atomic E-state index is 14.6. The van der Waals surface area contributed by atoms with Crippen LogP contribution in [-0.4, -0.2) is 51.4 Å². The number of rotatable bonds is 14. The molecule has 0 bridgehead atoms. The summed E-state index contributed by atoms with van der Waals surface area (Å²) in [7, 11) is -2.78. The van der Waals surface area contributed by atoms with Gasteiger partial charge >= 0.3 is 0 Å². The molecule has 0 aliphatic heterocycles. The average Bonchev–Trinajstić information content (AvgIpc) is 3.05. The number of nitrogens with one attached hydrogen (secondary N) is 1. The fourth-order valence-electron chi connectivity index (χ4n) is 4.91. The monoisotopic (exact) mass is 681 g/mol. The first kappa shape index (κ1) is 34.8. The number of hydrogen-bond acceptors (Lipinski definition) is 5. The van der Waals surface area contributed by atoms with Crippen molar-refractivity contribution in [1.82, 2.24) is 10.2 Å². The Morgan fingerprint density at radius 3 is 2.17 bits per heavy atom. The molecule has 1 atom stereocenters. The SMILES string of the molecule is CCCNC(=O)C(Cc1ccccc1)N(Cc1c(Cl)cccc1Cl)C(=O)CN(c1cccc(OC)c1)S(=O)(=O)c1ccc(C)cc1. The van der Waals surface area contributed by atoms with Crippen LogP contribution >= 0.6 is 23.2 Å². The van der Waals surface area contributed by atoms with E-state index in [1.165, 1.54) is 24.1 Å². The van der Waals surface area contributed by atoms with E-state index < -0.39 is 28.5 Å². The van der Waals surface area contributed by atoms with E-state index in [4.69, 9.17) is 27.9 Å². The minimum atomic E-state index is -4.26. The van der Waals surface area contributed by atoms with Crippen molar-refractivity contribution in [3.05, 3.63) is 124 Å². The highest BCUT2D eigenvalue weighted by Gasteiger charge is 2.35. The minimum Gasteiger partial charge on any atom is -0.497 e. The summed E-state index contributed by atoms with van der Waals surface area (Å²) in [6.45, 7) is 3.44. The predicted molar refractivity (Wildman–Crippen MR) is 183 cm³/mol. The highest BCUT2D eigenvalue weighted by Crippen LogP contribution is 2.30. The number of carbonyl (C=O) groups is 2. The van der Waals surface area contributed by atoms with Crippen LogP contribution in [0.3, 0.4) is 0 Å². The van der Waals surface area contributed by atoms with Gasteiger partial charge in [0, 0.05) is 41.2 Å². The lowest BCUT2D eigenvalue weighted by Gasteiger charge is -2.34. The highest BCUT2D eigenvalue weighted by atomic mass is 35.5. The van der Waals surface area contributed by atoms with Crippen molar-refractivity contribution in [2.75, 3.05) is 24.5 Å². The largest absolute Gasteiger partial charge is 0.497 e. The third kappa shape index (κ3) is 8.60. The third-order valence-electron chi connectivity index (χ3n) is 7.44. The number of sulfonamides is 1. The van der Waals surface area contributed by atoms with E-state index in [1.807, 2.05) is 44.2 Å². The fourth-order valence-corrected chi connectivity index (χ4v) is 6.83. The Balaban J connectivity index is 1.84. The number of aryl methyl sites for hydroxylation is 1. The van der Waals surface area contributed by atoms with Crippen LogP contribution in [0.25, 0.3) is 0 Å². The number of amides is 2. The highest BCUT2D eigenvalue weighted by molar-refractivity contribution is 7.92. The smallest absolute Gasteiger partial charge is 0.264 e. The zero-order valence-corrected chi connectivity index (χ0v) is 28.3. The zero-order chi connectivity index (χ0) is 33.3. The van der Waals surface area contributed by atoms with Crippen LogP contribution in [-0.2, 0) is 32.6 Å². The van der Waals surface area contributed by atoms with E-state index in [1.54, 1.807) is 54.6 Å². The fraction of sp³-hybridized carbons (Fsp3) is 0.257. The number of anilines is 1. The van der Waals surface area contributed by atoms with Crippen LogP contribution in [0.1, 0.15) is 30.0 Å². The molecule has 0 saturated carbocycles. The molecule has 4 rings (SSSR count). The van der Waals surface area contributed by atoms with Crippen LogP contribution in [0, 0.1) is 6.92 Å². The molecular weight excluding hydrogens is 645 g/mol. The van der Waals surface area contributed by atoms with Gasteiger partial charge in [-0.25, -0.2) is 8.42 Å². The minimum absolute atomic E-state index is 0.0101. The molecule has 0 saturated heterocycles. The van der Waals surface area contributed by atoms with Crippen LogP contribution in [0.15, 0.2) is 102 Å². The summed E-state index contributed by atoms with van der Waals surface area (Å²) in [5, 5.41) is 3.55. The number of nitrogens with zero attached hydrogens (tertiary/aromatic N) is 2. The van der Waals surface area contributed by atoms with Crippen molar-refractivity contribution in [2.45, 2.75) is 44.2 Å². The lowest BCUT2D eigenvalue weighted by atomic mass is 10.0. The van der Waals surface area contributed by atoms with Gasteiger partial charge in [-0.15, -0.1) is 0 Å². The van der Waals surface area contributed by atoms with E-state index in [0.717, 1.165) is 15.4 Å². The molecule has 0 radical (unpaired) electrons. The molecule has 0 aliphatic carbocycles. The number of methoxy groups -OCH3 is 1. The Bertz CT molecular complexity index is 1730. The van der Waals surface area contributed by atoms with Gasteiger partial charge in [0.05, 0.1) is 17.7 Å². The molecule has 0 fully saturated rings. The second-order valence-electron chi connectivity index (χ2n) is 10.7. The molecule has 8 nitrogen and oxygen atoms in total. The van der Waals surface area contributed by atoms with Gasteiger partial charge in [-0.3, -0.25) is 13.9 Å². The van der Waals surface area contributed by atoms with Crippen LogP contribution in [0.5, 0.6) is 5.75 Å². The first-order valence-electron chi connectivity index (χ1n) is 14.8. The topological polar surface area (TPSA) is 96.0 Å². The molecule has 0 spiro atoms. The van der Waals surface area contributed by atoms with Crippen molar-refractivity contribution in [2.24, 2.45) is 0 Å². The van der Waals surface area contributed by atoms with E-state index >= 15 is 0 Å². The maximum atomic E-state index is 14.6. The molecule has 242 valence electrons. The lowest BCUT2D eigenvalue weighted by molar-refractivity contribution is -0.140. The molecule has 11 heteroatoms. The molecule has 4 aromatic carbocycles. The number of carbonyl (C=O) groups excluding carboxylic acids is 2. The molecule has 0 aliphatic rings. The van der Waals surface area contributed by atoms with Gasteiger partial charge < -0.3 is 15.0 Å². The normalized spacial score (nSPS) is 11.8. The van der Waals surface area contributed by atoms with Gasteiger partial charge in [-0.05, 0) is 55.3 Å². The molecule has 0 aromatic heterocycles. The quantitative estimate of drug-likeness (QED) is 0.160. The third-order valence-corrected chi connectivity index (χ3v) is 9.94. The molecule has 46 heavy (non-hydrogen) atoms. The van der Waals surface area contributed by atoms with Crippen molar-refractivity contribution >= 4 is 50.7 Å². The molecular formula is C35H37Cl2N3O5S. The van der Waals surface area contributed by atoms with Gasteiger partial charge in [0.2, 0.25) is 11.8 Å². The summed E-state index contributed by atoms with van der Waals surface area (Å²) in [6.07, 6.45) is 0.862. The van der Waals surface area contributed by atoms with Crippen LogP contribution in [0.4, 0.5) is 5.69 Å². The lowest BCUT2D eigenvalue weighted by Crippen LogP contribution is -2.53. The summed E-state index contributed by atoms with van der Waals surface area (Å²) in [5.41, 5.74) is 2.36. The number of ether oxygens (including phenoxy) is 1. The van der Waals surface area contributed by atoms with Crippen LogP contribution < -0.4 is 14.4 Å². The van der Waals surface area contributed by atoms with Gasteiger partial charge in [0.1, 0.15) is 18.3 Å². The van der Waals surface area contributed by atoms with Gasteiger partial charge in [-0.2, -0.15) is 0 Å². The summed E-state index contributed by atoms with van der Waals surface area (Å²) in [5.74, 6) is -0.590.